The lowest BCUT2D eigenvalue weighted by atomic mass is 10.0. The summed E-state index contributed by atoms with van der Waals surface area (Å²) < 4.78 is 80.0. The van der Waals surface area contributed by atoms with Gasteiger partial charge in [-0.3, -0.25) is 4.79 Å². The Balaban J connectivity index is 1.48. The second-order valence-electron chi connectivity index (χ2n) is 8.81. The van der Waals surface area contributed by atoms with Gasteiger partial charge in [0.2, 0.25) is 15.9 Å². The van der Waals surface area contributed by atoms with Gasteiger partial charge in [0.15, 0.2) is 17.5 Å². The summed E-state index contributed by atoms with van der Waals surface area (Å²) >= 11 is 0. The number of carboxylic acid groups (broad SMARTS) is 1. The maximum atomic E-state index is 14.1. The summed E-state index contributed by atoms with van der Waals surface area (Å²) in [7, 11) is -4.58. The highest BCUT2D eigenvalue weighted by Crippen LogP contribution is 2.24. The van der Waals surface area contributed by atoms with E-state index in [4.69, 9.17) is 14.3 Å². The molecule has 0 saturated carbocycles. The fraction of sp³-hybridized carbons (Fsp3) is 0.214. The van der Waals surface area contributed by atoms with E-state index >= 15 is 0 Å². The number of hydrogen-bond acceptors (Lipinski definition) is 6. The van der Waals surface area contributed by atoms with Crippen molar-refractivity contribution in [3.63, 3.8) is 0 Å². The fourth-order valence-electron chi connectivity index (χ4n) is 3.94. The number of aromatic nitrogens is 1. The molecule has 4 aromatic rings. The Morgan fingerprint density at radius 2 is 1.75 bits per heavy atom. The van der Waals surface area contributed by atoms with Crippen LogP contribution in [-0.2, 0) is 34.2 Å². The molecule has 0 amide bonds. The average Bonchev–Trinajstić information content (AvgIpc) is 3.30. The Morgan fingerprint density at radius 3 is 2.48 bits per heavy atom. The molecule has 12 heteroatoms. The molecule has 0 aliphatic rings. The van der Waals surface area contributed by atoms with Crippen LogP contribution in [0.4, 0.5) is 13.2 Å². The van der Waals surface area contributed by atoms with Crippen LogP contribution in [0.25, 0.3) is 11.5 Å². The third-order valence-corrected chi connectivity index (χ3v) is 7.47. The van der Waals surface area contributed by atoms with Gasteiger partial charge in [-0.2, -0.15) is 0 Å². The second kappa shape index (κ2) is 12.3. The zero-order valence-corrected chi connectivity index (χ0v) is 22.1. The number of ether oxygens (including phenoxy) is 1. The molecule has 0 saturated heterocycles. The Hall–Kier alpha value is -4.16. The van der Waals surface area contributed by atoms with E-state index in [0.29, 0.717) is 52.8 Å². The van der Waals surface area contributed by atoms with Crippen molar-refractivity contribution in [1.82, 2.24) is 9.71 Å². The summed E-state index contributed by atoms with van der Waals surface area (Å²) in [5.74, 6) is -4.80. The zero-order valence-electron chi connectivity index (χ0n) is 21.3. The molecule has 0 atom stereocenters. The number of aliphatic carboxylic acids is 1. The van der Waals surface area contributed by atoms with Gasteiger partial charge in [-0.05, 0) is 60.9 Å². The van der Waals surface area contributed by atoms with E-state index in [2.05, 4.69) is 9.71 Å². The molecule has 0 bridgehead atoms. The first kappa shape index (κ1) is 28.8. The first-order chi connectivity index (χ1) is 19.0. The van der Waals surface area contributed by atoms with Crippen LogP contribution in [0.3, 0.4) is 0 Å². The Bertz CT molecular complexity index is 1620. The van der Waals surface area contributed by atoms with Crippen molar-refractivity contribution in [2.24, 2.45) is 0 Å². The number of nitrogens with one attached hydrogen (secondary N) is 1. The maximum absolute atomic E-state index is 14.1. The molecular formula is C28H25F3N2O6S. The number of hydrogen-bond donors (Lipinski definition) is 2. The van der Waals surface area contributed by atoms with Gasteiger partial charge in [0, 0.05) is 24.9 Å². The molecule has 0 unspecified atom stereocenters. The molecular weight excluding hydrogens is 549 g/mol. The number of nitrogens with zero attached hydrogens (tertiary/aromatic N) is 1. The maximum Gasteiger partial charge on any atom is 0.303 e. The third kappa shape index (κ3) is 6.88. The predicted octanol–water partition coefficient (Wildman–Crippen LogP) is 5.18. The Morgan fingerprint density at radius 1 is 1.00 bits per heavy atom. The Kier molecular flexibility index (Phi) is 8.90. The van der Waals surface area contributed by atoms with E-state index in [1.54, 1.807) is 19.1 Å². The molecule has 3 aromatic carbocycles. The van der Waals surface area contributed by atoms with Crippen LogP contribution in [0, 0.1) is 24.4 Å². The number of rotatable bonds is 12. The quantitative estimate of drug-likeness (QED) is 0.224. The molecule has 1 aromatic heterocycles. The normalized spacial score (nSPS) is 11.5. The molecule has 8 nitrogen and oxygen atoms in total. The minimum atomic E-state index is -4.58. The van der Waals surface area contributed by atoms with Crippen molar-refractivity contribution in [2.45, 2.75) is 37.6 Å². The molecule has 0 spiro atoms. The van der Waals surface area contributed by atoms with Crippen LogP contribution in [0.2, 0.25) is 0 Å². The molecule has 0 radical (unpaired) electrons. The molecule has 0 aliphatic heterocycles. The lowest BCUT2D eigenvalue weighted by Crippen LogP contribution is -2.25. The highest BCUT2D eigenvalue weighted by molar-refractivity contribution is 7.89. The van der Waals surface area contributed by atoms with Crippen LogP contribution >= 0.6 is 0 Å². The number of benzene rings is 3. The van der Waals surface area contributed by atoms with Gasteiger partial charge in [-0.25, -0.2) is 31.3 Å². The van der Waals surface area contributed by atoms with Crippen molar-refractivity contribution >= 4 is 16.0 Å². The largest absolute Gasteiger partial charge is 0.493 e. The third-order valence-electron chi connectivity index (χ3n) is 6.05. The van der Waals surface area contributed by atoms with Gasteiger partial charge in [0.1, 0.15) is 16.4 Å². The van der Waals surface area contributed by atoms with Crippen LogP contribution in [0.5, 0.6) is 5.75 Å². The van der Waals surface area contributed by atoms with E-state index in [-0.39, 0.29) is 26.0 Å². The lowest BCUT2D eigenvalue weighted by molar-refractivity contribution is -0.136. The van der Waals surface area contributed by atoms with Gasteiger partial charge in [-0.1, -0.05) is 24.3 Å². The van der Waals surface area contributed by atoms with Crippen molar-refractivity contribution in [1.29, 1.82) is 0 Å². The van der Waals surface area contributed by atoms with Gasteiger partial charge in [0.05, 0.1) is 12.3 Å². The van der Waals surface area contributed by atoms with Crippen molar-refractivity contribution in [3.8, 4) is 17.2 Å². The van der Waals surface area contributed by atoms with E-state index in [1.165, 1.54) is 6.07 Å². The van der Waals surface area contributed by atoms with Crippen molar-refractivity contribution in [3.05, 3.63) is 101 Å². The first-order valence-corrected chi connectivity index (χ1v) is 13.6. The molecule has 2 N–H and O–H groups in total. The van der Waals surface area contributed by atoms with Crippen LogP contribution in [0.1, 0.15) is 29.0 Å². The van der Waals surface area contributed by atoms with E-state index in [0.717, 1.165) is 5.56 Å². The second-order valence-corrected chi connectivity index (χ2v) is 10.5. The van der Waals surface area contributed by atoms with E-state index < -0.39 is 38.3 Å². The minimum absolute atomic E-state index is 0.0899. The summed E-state index contributed by atoms with van der Waals surface area (Å²) in [5, 5.41) is 9.07. The zero-order chi connectivity index (χ0) is 28.9. The number of oxazole rings is 1. The number of aryl methyl sites for hydroxylation is 2. The average molecular weight is 575 g/mol. The van der Waals surface area contributed by atoms with Gasteiger partial charge in [-0.15, -0.1) is 0 Å². The van der Waals surface area contributed by atoms with Crippen molar-refractivity contribution in [2.75, 3.05) is 6.61 Å². The molecule has 0 fully saturated rings. The monoisotopic (exact) mass is 574 g/mol. The van der Waals surface area contributed by atoms with Crippen LogP contribution in [0.15, 0.2) is 70.0 Å². The highest BCUT2D eigenvalue weighted by Gasteiger charge is 2.24. The molecule has 4 rings (SSSR count). The molecule has 0 aliphatic carbocycles. The van der Waals surface area contributed by atoms with Crippen LogP contribution in [-0.4, -0.2) is 31.1 Å². The van der Waals surface area contributed by atoms with Crippen LogP contribution < -0.4 is 9.46 Å². The topological polar surface area (TPSA) is 119 Å². The smallest absolute Gasteiger partial charge is 0.303 e. The molecule has 210 valence electrons. The SMILES string of the molecule is Cc1oc(-c2ccccc2)nc1CCOc1ccc(CCC(=O)O)c(CNS(=O)(=O)c2ccc(F)c(F)c2F)c1. The van der Waals surface area contributed by atoms with Gasteiger partial charge in [0.25, 0.3) is 0 Å². The molecule has 40 heavy (non-hydrogen) atoms. The predicted molar refractivity (Wildman–Crippen MR) is 139 cm³/mol. The molecule has 1 heterocycles. The summed E-state index contributed by atoms with van der Waals surface area (Å²) in [6, 6.07) is 15.3. The standard InChI is InChI=1S/C28H25F3N2O6S/c1-17-23(33-28(39-17)19-5-3-2-4-6-19)13-14-38-21-9-7-18(8-12-25(34)35)20(15-21)16-32-40(36,37)24-11-10-22(29)26(30)27(24)31/h2-7,9-11,15,32H,8,12-14,16H2,1H3,(H,34,35). The van der Waals surface area contributed by atoms with E-state index in [1.807, 2.05) is 30.3 Å². The first-order valence-electron chi connectivity index (χ1n) is 12.2. The van der Waals surface area contributed by atoms with Crippen molar-refractivity contribution < 1.29 is 40.6 Å². The fourth-order valence-corrected chi connectivity index (χ4v) is 5.01. The summed E-state index contributed by atoms with van der Waals surface area (Å²) in [5.41, 5.74) is 2.43. The summed E-state index contributed by atoms with van der Waals surface area (Å²) in [6.45, 7) is 1.63. The summed E-state index contributed by atoms with van der Waals surface area (Å²) in [4.78, 5) is 14.6. The lowest BCUT2D eigenvalue weighted by Gasteiger charge is -2.14. The number of carboxylic acids is 1. The number of carbonyl (C=O) groups is 1. The van der Waals surface area contributed by atoms with E-state index in [9.17, 15) is 26.4 Å². The highest BCUT2D eigenvalue weighted by atomic mass is 32.2. The van der Waals surface area contributed by atoms with Gasteiger partial charge < -0.3 is 14.3 Å². The van der Waals surface area contributed by atoms with Gasteiger partial charge >= 0.3 is 5.97 Å². The summed E-state index contributed by atoms with van der Waals surface area (Å²) in [6.07, 6.45) is 0.292. The number of halogens is 3. The minimum Gasteiger partial charge on any atom is -0.493 e. The number of sulfonamides is 1. The Labute approximate surface area is 228 Å².